The van der Waals surface area contributed by atoms with Crippen LogP contribution in [-0.4, -0.2) is 31.8 Å². The number of carbonyl (C=O) groups is 2. The van der Waals surface area contributed by atoms with Crippen LogP contribution in [0.1, 0.15) is 45.7 Å². The number of nitrogens with one attached hydrogen (secondary N) is 2. The van der Waals surface area contributed by atoms with Crippen molar-refractivity contribution in [2.24, 2.45) is 0 Å². The van der Waals surface area contributed by atoms with E-state index in [1.165, 1.54) is 0 Å². The Balaban J connectivity index is 2.44. The summed E-state index contributed by atoms with van der Waals surface area (Å²) in [5.41, 5.74) is 1.56. The highest BCUT2D eigenvalue weighted by molar-refractivity contribution is 5.95. The molecule has 2 rings (SSSR count). The fourth-order valence-electron chi connectivity index (χ4n) is 2.71. The average molecular weight is 362 g/mol. The number of esters is 1. The van der Waals surface area contributed by atoms with E-state index in [4.69, 9.17) is 14.2 Å². The van der Waals surface area contributed by atoms with Crippen LogP contribution < -0.4 is 20.1 Å². The molecule has 0 fully saturated rings. The molecule has 1 aromatic rings. The van der Waals surface area contributed by atoms with Crippen LogP contribution in [-0.2, 0) is 9.53 Å². The van der Waals surface area contributed by atoms with Crippen LogP contribution in [0.4, 0.5) is 4.79 Å². The highest BCUT2D eigenvalue weighted by atomic mass is 16.5. The normalized spacial score (nSPS) is 16.8. The SMILES string of the molecule is CCCOC(=O)C1=C(C)NC(=O)NC1c1ccc(OC)c(OC(C)C)c1. The molecule has 0 spiro atoms. The van der Waals surface area contributed by atoms with Crippen LogP contribution >= 0.6 is 0 Å². The number of carbonyl (C=O) groups excluding carboxylic acids is 2. The molecule has 1 heterocycles. The van der Waals surface area contributed by atoms with E-state index in [9.17, 15) is 9.59 Å². The third-order valence-corrected chi connectivity index (χ3v) is 3.81. The number of hydrogen-bond acceptors (Lipinski definition) is 5. The molecule has 2 N–H and O–H groups in total. The number of amides is 2. The van der Waals surface area contributed by atoms with Gasteiger partial charge in [-0.2, -0.15) is 0 Å². The molecule has 0 bridgehead atoms. The third kappa shape index (κ3) is 4.47. The van der Waals surface area contributed by atoms with Crippen molar-refractivity contribution in [3.05, 3.63) is 35.0 Å². The van der Waals surface area contributed by atoms with E-state index in [0.717, 1.165) is 6.42 Å². The van der Waals surface area contributed by atoms with E-state index in [-0.39, 0.29) is 12.1 Å². The third-order valence-electron chi connectivity index (χ3n) is 3.81. The van der Waals surface area contributed by atoms with Gasteiger partial charge in [0, 0.05) is 5.70 Å². The first-order chi connectivity index (χ1) is 12.4. The van der Waals surface area contributed by atoms with Crippen LogP contribution in [0.5, 0.6) is 11.5 Å². The summed E-state index contributed by atoms with van der Waals surface area (Å²) in [5.74, 6) is 0.675. The van der Waals surface area contributed by atoms with E-state index in [0.29, 0.717) is 34.9 Å². The molecule has 142 valence electrons. The Kier molecular flexibility index (Phi) is 6.49. The Labute approximate surface area is 153 Å². The topological polar surface area (TPSA) is 85.9 Å². The quantitative estimate of drug-likeness (QED) is 0.728. The molecule has 0 aromatic heterocycles. The fourth-order valence-corrected chi connectivity index (χ4v) is 2.71. The highest BCUT2D eigenvalue weighted by Gasteiger charge is 2.32. The zero-order chi connectivity index (χ0) is 19.3. The average Bonchev–Trinajstić information content (AvgIpc) is 2.58. The second-order valence-electron chi connectivity index (χ2n) is 6.28. The van der Waals surface area contributed by atoms with E-state index >= 15 is 0 Å². The Morgan fingerprint density at radius 1 is 1.27 bits per heavy atom. The van der Waals surface area contributed by atoms with Crippen molar-refractivity contribution in [1.29, 1.82) is 0 Å². The molecule has 0 radical (unpaired) electrons. The molecule has 1 atom stereocenters. The van der Waals surface area contributed by atoms with E-state index < -0.39 is 12.0 Å². The maximum absolute atomic E-state index is 12.5. The predicted molar refractivity (Wildman–Crippen MR) is 97.1 cm³/mol. The molecule has 7 heteroatoms. The van der Waals surface area contributed by atoms with Crippen LogP contribution in [0, 0.1) is 0 Å². The Morgan fingerprint density at radius 2 is 2.00 bits per heavy atom. The van der Waals surface area contributed by atoms with Gasteiger partial charge < -0.3 is 24.8 Å². The van der Waals surface area contributed by atoms with Gasteiger partial charge in [-0.25, -0.2) is 9.59 Å². The lowest BCUT2D eigenvalue weighted by Gasteiger charge is -2.28. The van der Waals surface area contributed by atoms with Crippen LogP contribution in [0.15, 0.2) is 29.5 Å². The first-order valence-electron chi connectivity index (χ1n) is 8.67. The molecule has 0 saturated heterocycles. The largest absolute Gasteiger partial charge is 0.493 e. The van der Waals surface area contributed by atoms with Gasteiger partial charge in [-0.1, -0.05) is 13.0 Å². The minimum atomic E-state index is -0.631. The van der Waals surface area contributed by atoms with Crippen molar-refractivity contribution < 1.29 is 23.8 Å². The van der Waals surface area contributed by atoms with E-state index in [1.54, 1.807) is 32.2 Å². The Morgan fingerprint density at radius 3 is 2.62 bits per heavy atom. The maximum Gasteiger partial charge on any atom is 0.338 e. The van der Waals surface area contributed by atoms with Gasteiger partial charge in [-0.3, -0.25) is 0 Å². The van der Waals surface area contributed by atoms with Crippen molar-refractivity contribution in [3.63, 3.8) is 0 Å². The van der Waals surface area contributed by atoms with E-state index in [2.05, 4.69) is 10.6 Å². The van der Waals surface area contributed by atoms with Crippen molar-refractivity contribution >= 4 is 12.0 Å². The lowest BCUT2D eigenvalue weighted by Crippen LogP contribution is -2.45. The number of rotatable bonds is 7. The standard InChI is InChI=1S/C19H26N2O5/c1-6-9-25-18(22)16-12(4)20-19(23)21-17(16)13-7-8-14(24-5)15(10-13)26-11(2)3/h7-8,10-11,17H,6,9H2,1-5H3,(H2,20,21,23). The summed E-state index contributed by atoms with van der Waals surface area (Å²) < 4.78 is 16.4. The minimum Gasteiger partial charge on any atom is -0.493 e. The molecule has 1 unspecified atom stereocenters. The fraction of sp³-hybridized carbons (Fsp3) is 0.474. The first kappa shape index (κ1) is 19.6. The summed E-state index contributed by atoms with van der Waals surface area (Å²) in [5, 5.41) is 5.41. The number of hydrogen-bond donors (Lipinski definition) is 2. The molecular formula is C19H26N2O5. The predicted octanol–water partition coefficient (Wildman–Crippen LogP) is 3.06. The zero-order valence-corrected chi connectivity index (χ0v) is 15.8. The molecule has 0 aliphatic carbocycles. The zero-order valence-electron chi connectivity index (χ0n) is 15.8. The van der Waals surface area contributed by atoms with Crippen molar-refractivity contribution in [2.45, 2.75) is 46.3 Å². The van der Waals surface area contributed by atoms with Gasteiger partial charge in [-0.05, 0) is 44.9 Å². The van der Waals surface area contributed by atoms with Crippen LogP contribution in [0.25, 0.3) is 0 Å². The first-order valence-corrected chi connectivity index (χ1v) is 8.67. The molecule has 0 saturated carbocycles. The van der Waals surface area contributed by atoms with Crippen molar-refractivity contribution in [2.75, 3.05) is 13.7 Å². The summed E-state index contributed by atoms with van der Waals surface area (Å²) in [6.07, 6.45) is 0.672. The summed E-state index contributed by atoms with van der Waals surface area (Å²) in [7, 11) is 1.56. The minimum absolute atomic E-state index is 0.0481. The van der Waals surface area contributed by atoms with Gasteiger partial charge in [-0.15, -0.1) is 0 Å². The molecule has 1 aliphatic heterocycles. The lowest BCUT2D eigenvalue weighted by molar-refractivity contribution is -0.139. The summed E-state index contributed by atoms with van der Waals surface area (Å²) in [6, 6.07) is 4.32. The summed E-state index contributed by atoms with van der Waals surface area (Å²) >= 11 is 0. The maximum atomic E-state index is 12.5. The van der Waals surface area contributed by atoms with Gasteiger partial charge in [0.25, 0.3) is 0 Å². The van der Waals surface area contributed by atoms with E-state index in [1.807, 2.05) is 20.8 Å². The number of ether oxygens (including phenoxy) is 3. The molecular weight excluding hydrogens is 336 g/mol. The van der Waals surface area contributed by atoms with Crippen LogP contribution in [0.2, 0.25) is 0 Å². The second-order valence-corrected chi connectivity index (χ2v) is 6.28. The smallest absolute Gasteiger partial charge is 0.338 e. The Bertz CT molecular complexity index is 712. The summed E-state index contributed by atoms with van der Waals surface area (Å²) in [6.45, 7) is 7.75. The van der Waals surface area contributed by atoms with Crippen molar-refractivity contribution in [1.82, 2.24) is 10.6 Å². The van der Waals surface area contributed by atoms with Gasteiger partial charge in [0.1, 0.15) is 0 Å². The van der Waals surface area contributed by atoms with Gasteiger partial charge in [0.15, 0.2) is 11.5 Å². The van der Waals surface area contributed by atoms with Crippen LogP contribution in [0.3, 0.4) is 0 Å². The number of benzene rings is 1. The lowest BCUT2D eigenvalue weighted by atomic mass is 9.95. The molecule has 7 nitrogen and oxygen atoms in total. The van der Waals surface area contributed by atoms with Crippen molar-refractivity contribution in [3.8, 4) is 11.5 Å². The monoisotopic (exact) mass is 362 g/mol. The molecule has 1 aromatic carbocycles. The second kappa shape index (κ2) is 8.60. The number of allylic oxidation sites excluding steroid dienone is 1. The number of urea groups is 1. The summed E-state index contributed by atoms with van der Waals surface area (Å²) in [4.78, 5) is 24.5. The molecule has 26 heavy (non-hydrogen) atoms. The van der Waals surface area contributed by atoms with Gasteiger partial charge in [0.05, 0.1) is 31.4 Å². The molecule has 2 amide bonds. The Hall–Kier alpha value is -2.70. The van der Waals surface area contributed by atoms with Gasteiger partial charge in [0.2, 0.25) is 0 Å². The van der Waals surface area contributed by atoms with Gasteiger partial charge >= 0.3 is 12.0 Å². The molecule has 1 aliphatic rings. The highest BCUT2D eigenvalue weighted by Crippen LogP contribution is 2.35. The number of methoxy groups -OCH3 is 1.